The fraction of sp³-hybridized carbons (Fsp3) is 0.167. The van der Waals surface area contributed by atoms with Crippen LogP contribution in [0.4, 0.5) is 13.2 Å². The van der Waals surface area contributed by atoms with Crippen molar-refractivity contribution in [2.45, 2.75) is 12.2 Å². The van der Waals surface area contributed by atoms with E-state index in [2.05, 4.69) is 10.3 Å². The molecule has 29 heavy (non-hydrogen) atoms. The molecular weight excluding hydrogens is 415 g/mol. The molecule has 11 heteroatoms. The third kappa shape index (κ3) is 5.69. The molecule has 0 aliphatic heterocycles. The molecule has 2 aromatic heterocycles. The average Bonchev–Trinajstić information content (AvgIpc) is 3.03. The van der Waals surface area contributed by atoms with Crippen LogP contribution in [-0.2, 0) is 4.79 Å². The van der Waals surface area contributed by atoms with Crippen molar-refractivity contribution in [1.29, 1.82) is 0 Å². The quantitative estimate of drug-likeness (QED) is 0.591. The third-order valence-electron chi connectivity index (χ3n) is 3.64. The lowest BCUT2D eigenvalue weighted by Gasteiger charge is -2.16. The number of fused-ring (bicyclic) bond motifs is 1. The first-order chi connectivity index (χ1) is 13.6. The fourth-order valence-electron chi connectivity index (χ4n) is 2.30. The number of nitrogens with one attached hydrogen (secondary N) is 1. The number of aromatic nitrogens is 2. The zero-order valence-corrected chi connectivity index (χ0v) is 15.4. The van der Waals surface area contributed by atoms with Crippen molar-refractivity contribution in [1.82, 2.24) is 14.7 Å². The van der Waals surface area contributed by atoms with Crippen LogP contribution >= 0.6 is 11.6 Å². The zero-order chi connectivity index (χ0) is 21.6. The summed E-state index contributed by atoms with van der Waals surface area (Å²) in [7, 11) is 0. The predicted molar refractivity (Wildman–Crippen MR) is 97.6 cm³/mol. The molecule has 0 radical (unpaired) electrons. The molecule has 3 aromatic rings. The maximum absolute atomic E-state index is 12.5. The molecule has 3 rings (SSSR count). The largest absolute Gasteiger partial charge is 0.490 e. The second-order valence-electron chi connectivity index (χ2n) is 5.60. The molecule has 1 aromatic carbocycles. The molecule has 0 unspecified atom stereocenters. The third-order valence-corrected chi connectivity index (χ3v) is 3.92. The summed E-state index contributed by atoms with van der Waals surface area (Å²) >= 11 is 6.05. The Morgan fingerprint density at radius 1 is 1.14 bits per heavy atom. The number of aliphatic carboxylic acids is 1. The van der Waals surface area contributed by atoms with Gasteiger partial charge in [0, 0.05) is 6.20 Å². The second kappa shape index (κ2) is 9.39. The minimum Gasteiger partial charge on any atom is -0.475 e. The number of halogens is 4. The van der Waals surface area contributed by atoms with Crippen LogP contribution in [0.15, 0.2) is 54.7 Å². The summed E-state index contributed by atoms with van der Waals surface area (Å²) in [5, 5.41) is 19.7. The van der Waals surface area contributed by atoms with Crippen LogP contribution in [0.25, 0.3) is 5.52 Å². The molecule has 3 N–H and O–H groups in total. The monoisotopic (exact) mass is 429 g/mol. The van der Waals surface area contributed by atoms with Gasteiger partial charge in [0.2, 0.25) is 5.82 Å². The lowest BCUT2D eigenvalue weighted by Crippen LogP contribution is -2.32. The van der Waals surface area contributed by atoms with Gasteiger partial charge in [0.1, 0.15) is 0 Å². The molecule has 0 aliphatic carbocycles. The number of carbonyl (C=O) groups is 2. The van der Waals surface area contributed by atoms with Crippen LogP contribution in [-0.4, -0.2) is 44.3 Å². The molecule has 1 amide bonds. The first kappa shape index (κ1) is 22.2. The number of nitrogens with zero attached hydrogens (tertiary/aromatic N) is 2. The van der Waals surface area contributed by atoms with Gasteiger partial charge in [-0.25, -0.2) is 9.78 Å². The van der Waals surface area contributed by atoms with E-state index in [4.69, 9.17) is 21.5 Å². The first-order valence-electron chi connectivity index (χ1n) is 8.04. The maximum Gasteiger partial charge on any atom is 0.490 e. The number of hydrogen-bond acceptors (Lipinski definition) is 4. The van der Waals surface area contributed by atoms with E-state index in [1.54, 1.807) is 22.7 Å². The van der Waals surface area contributed by atoms with Crippen molar-refractivity contribution in [2.24, 2.45) is 0 Å². The number of hydrogen-bond donors (Lipinski definition) is 3. The zero-order valence-electron chi connectivity index (χ0n) is 14.6. The lowest BCUT2D eigenvalue weighted by atomic mass is 10.1. The van der Waals surface area contributed by atoms with Gasteiger partial charge in [-0.15, -0.1) is 0 Å². The van der Waals surface area contributed by atoms with Crippen molar-refractivity contribution in [2.75, 3.05) is 6.61 Å². The normalized spacial score (nSPS) is 12.0. The van der Waals surface area contributed by atoms with Crippen LogP contribution in [0.3, 0.4) is 0 Å². The summed E-state index contributed by atoms with van der Waals surface area (Å²) < 4.78 is 33.4. The first-order valence-corrected chi connectivity index (χ1v) is 8.42. The molecular formula is C18H15ClF3N3O4. The van der Waals surface area contributed by atoms with E-state index in [-0.39, 0.29) is 17.6 Å². The van der Waals surface area contributed by atoms with Gasteiger partial charge in [-0.3, -0.25) is 9.20 Å². The highest BCUT2D eigenvalue weighted by molar-refractivity contribution is 6.33. The average molecular weight is 430 g/mol. The molecule has 0 spiro atoms. The number of aliphatic hydroxyl groups is 1. The molecule has 0 saturated carbocycles. The highest BCUT2D eigenvalue weighted by Crippen LogP contribution is 2.19. The minimum absolute atomic E-state index is 0.190. The van der Waals surface area contributed by atoms with E-state index in [1.807, 2.05) is 36.4 Å². The van der Waals surface area contributed by atoms with E-state index >= 15 is 0 Å². The number of rotatable bonds is 4. The Hall–Kier alpha value is -3.11. The Labute approximate surface area is 167 Å². The van der Waals surface area contributed by atoms with Crippen molar-refractivity contribution in [3.8, 4) is 0 Å². The molecule has 0 saturated heterocycles. The van der Waals surface area contributed by atoms with Gasteiger partial charge in [-0.1, -0.05) is 48.0 Å². The van der Waals surface area contributed by atoms with Crippen molar-refractivity contribution < 1.29 is 33.0 Å². The van der Waals surface area contributed by atoms with Gasteiger partial charge in [0.05, 0.1) is 18.2 Å². The summed E-state index contributed by atoms with van der Waals surface area (Å²) in [5.41, 5.74) is 1.49. The van der Waals surface area contributed by atoms with E-state index in [0.29, 0.717) is 5.52 Å². The highest BCUT2D eigenvalue weighted by atomic mass is 35.5. The Bertz CT molecular complexity index is 993. The molecule has 0 bridgehead atoms. The van der Waals surface area contributed by atoms with Gasteiger partial charge in [-0.05, 0) is 17.7 Å². The smallest absolute Gasteiger partial charge is 0.475 e. The number of carbonyl (C=O) groups excluding carboxylic acids is 1. The standard InChI is InChI=1S/C16H14ClN3O2.C2HF3O2/c17-14-13-8-4-5-9-20(13)15(19-14)16(22)18-12(10-21)11-6-2-1-3-7-11;3-2(4,5)1(6)7/h1-9,12,21H,10H2,(H,18,22);(H,6,7)/t12-;/m1./s1. The van der Waals surface area contributed by atoms with Crippen molar-refractivity contribution in [3.63, 3.8) is 0 Å². The molecule has 2 heterocycles. The number of carboxylic acids is 1. The van der Waals surface area contributed by atoms with E-state index in [1.165, 1.54) is 0 Å². The molecule has 154 valence electrons. The van der Waals surface area contributed by atoms with Crippen molar-refractivity contribution >= 4 is 29.0 Å². The summed E-state index contributed by atoms with van der Waals surface area (Å²) in [6.45, 7) is -0.202. The SMILES string of the molecule is O=C(N[C@H](CO)c1ccccc1)c1nc(Cl)c2ccccn12.O=C(O)C(F)(F)F. The van der Waals surface area contributed by atoms with E-state index in [9.17, 15) is 23.1 Å². The topological polar surface area (TPSA) is 104 Å². The second-order valence-corrected chi connectivity index (χ2v) is 5.96. The van der Waals surface area contributed by atoms with Crippen LogP contribution < -0.4 is 5.32 Å². The lowest BCUT2D eigenvalue weighted by molar-refractivity contribution is -0.192. The van der Waals surface area contributed by atoms with E-state index < -0.39 is 24.1 Å². The number of amides is 1. The maximum atomic E-state index is 12.5. The highest BCUT2D eigenvalue weighted by Gasteiger charge is 2.38. The van der Waals surface area contributed by atoms with Crippen LogP contribution in [0.5, 0.6) is 0 Å². The van der Waals surface area contributed by atoms with Gasteiger partial charge in [-0.2, -0.15) is 13.2 Å². The van der Waals surface area contributed by atoms with Gasteiger partial charge in [0.15, 0.2) is 5.15 Å². The number of pyridine rings is 1. The predicted octanol–water partition coefficient (Wildman–Crippen LogP) is 3.08. The summed E-state index contributed by atoms with van der Waals surface area (Å²) in [5.74, 6) is -2.96. The Morgan fingerprint density at radius 2 is 1.72 bits per heavy atom. The Kier molecular flexibility index (Phi) is 7.18. The number of alkyl halides is 3. The summed E-state index contributed by atoms with van der Waals surface area (Å²) in [6.07, 6.45) is -3.36. The number of carboxylic acid groups (broad SMARTS) is 1. The van der Waals surface area contributed by atoms with E-state index in [0.717, 1.165) is 5.56 Å². The van der Waals surface area contributed by atoms with Gasteiger partial charge < -0.3 is 15.5 Å². The van der Waals surface area contributed by atoms with Crippen molar-refractivity contribution in [3.05, 3.63) is 71.3 Å². The summed E-state index contributed by atoms with van der Waals surface area (Å²) in [4.78, 5) is 25.5. The number of aliphatic hydroxyl groups excluding tert-OH is 1. The number of benzene rings is 1. The number of imidazole rings is 1. The van der Waals surface area contributed by atoms with Crippen LogP contribution in [0.2, 0.25) is 5.15 Å². The molecule has 0 aliphatic rings. The van der Waals surface area contributed by atoms with Gasteiger partial charge in [0.25, 0.3) is 5.91 Å². The Balaban J connectivity index is 0.000000370. The van der Waals surface area contributed by atoms with Crippen LogP contribution in [0.1, 0.15) is 22.2 Å². The van der Waals surface area contributed by atoms with Gasteiger partial charge >= 0.3 is 12.1 Å². The fourth-order valence-corrected chi connectivity index (χ4v) is 2.54. The molecule has 7 nitrogen and oxygen atoms in total. The molecule has 1 atom stereocenters. The minimum atomic E-state index is -5.08. The van der Waals surface area contributed by atoms with Crippen LogP contribution in [0, 0.1) is 0 Å². The summed E-state index contributed by atoms with van der Waals surface area (Å²) in [6, 6.07) is 14.2. The molecule has 0 fully saturated rings. The Morgan fingerprint density at radius 3 is 2.28 bits per heavy atom.